The van der Waals surface area contributed by atoms with Crippen LogP contribution in [-0.4, -0.2) is 23.1 Å². The summed E-state index contributed by atoms with van der Waals surface area (Å²) in [5, 5.41) is 0.732. The van der Waals surface area contributed by atoms with Crippen molar-refractivity contribution in [3.8, 4) is 0 Å². The van der Waals surface area contributed by atoms with Crippen LogP contribution in [-0.2, 0) is 0 Å². The molecule has 1 unspecified atom stereocenters. The largest absolute Gasteiger partial charge is 0.355 e. The normalized spacial score (nSPS) is 13.7. The minimum absolute atomic E-state index is 0.134. The first-order valence-corrected chi connectivity index (χ1v) is 5.90. The number of rotatable bonds is 2. The minimum atomic E-state index is 0.134. The van der Waals surface area contributed by atoms with Crippen LogP contribution in [0.15, 0.2) is 6.20 Å². The molecule has 0 saturated carbocycles. The Labute approximate surface area is 107 Å². The lowest BCUT2D eigenvalue weighted by atomic mass is 9.87. The zero-order chi connectivity index (χ0) is 12.5. The zero-order valence-corrected chi connectivity index (χ0v) is 11.8. The Balaban J connectivity index is 3.05. The van der Waals surface area contributed by atoms with Gasteiger partial charge in [-0.25, -0.2) is 4.98 Å². The Morgan fingerprint density at radius 2 is 1.88 bits per heavy atom. The Hall–Kier alpha value is -0.540. The van der Waals surface area contributed by atoms with Crippen LogP contribution in [0.4, 0.5) is 5.82 Å². The fourth-order valence-electron chi connectivity index (χ4n) is 1.35. The second-order valence-corrected chi connectivity index (χ2v) is 5.71. The van der Waals surface area contributed by atoms with Gasteiger partial charge in [-0.3, -0.25) is 0 Å². The standard InChI is InChI=1S/C11H17Cl2N3/c1-7(11(2,3)4)16(5)9-8(12)6-14-10(13)15-9/h6-7H,1-5H3. The van der Waals surface area contributed by atoms with Gasteiger partial charge < -0.3 is 4.90 Å². The molecule has 0 spiro atoms. The summed E-state index contributed by atoms with van der Waals surface area (Å²) >= 11 is 11.8. The van der Waals surface area contributed by atoms with E-state index in [-0.39, 0.29) is 16.7 Å². The summed E-state index contributed by atoms with van der Waals surface area (Å²) in [6, 6.07) is 0.288. The number of hydrogen-bond acceptors (Lipinski definition) is 3. The van der Waals surface area contributed by atoms with Crippen molar-refractivity contribution in [3.05, 3.63) is 16.5 Å². The van der Waals surface area contributed by atoms with Crippen molar-refractivity contribution in [1.82, 2.24) is 9.97 Å². The highest BCUT2D eigenvalue weighted by molar-refractivity contribution is 6.33. The average Bonchev–Trinajstić information content (AvgIpc) is 2.18. The van der Waals surface area contributed by atoms with Gasteiger partial charge in [-0.05, 0) is 23.9 Å². The summed E-state index contributed by atoms with van der Waals surface area (Å²) in [5.41, 5.74) is 0.134. The van der Waals surface area contributed by atoms with Crippen LogP contribution in [0, 0.1) is 5.41 Å². The number of hydrogen-bond donors (Lipinski definition) is 0. The van der Waals surface area contributed by atoms with Crippen LogP contribution in [0.5, 0.6) is 0 Å². The van der Waals surface area contributed by atoms with E-state index in [1.165, 1.54) is 6.20 Å². The lowest BCUT2D eigenvalue weighted by molar-refractivity contribution is 0.328. The molecule has 0 aliphatic heterocycles. The Bertz CT molecular complexity index is 374. The molecule has 1 aromatic heterocycles. The van der Waals surface area contributed by atoms with Gasteiger partial charge in [0.2, 0.25) is 5.28 Å². The van der Waals surface area contributed by atoms with Crippen LogP contribution in [0.3, 0.4) is 0 Å². The summed E-state index contributed by atoms with van der Waals surface area (Å²) in [6.45, 7) is 8.65. The SMILES string of the molecule is CC(N(C)c1nc(Cl)ncc1Cl)C(C)(C)C. The molecule has 1 atom stereocenters. The quantitative estimate of drug-likeness (QED) is 0.762. The van der Waals surface area contributed by atoms with E-state index in [2.05, 4.69) is 37.7 Å². The summed E-state index contributed by atoms with van der Waals surface area (Å²) in [7, 11) is 1.96. The van der Waals surface area contributed by atoms with Crippen LogP contribution < -0.4 is 4.90 Å². The minimum Gasteiger partial charge on any atom is -0.355 e. The van der Waals surface area contributed by atoms with Crippen LogP contribution >= 0.6 is 23.2 Å². The fourth-order valence-corrected chi connectivity index (χ4v) is 1.70. The highest BCUT2D eigenvalue weighted by atomic mass is 35.5. The van der Waals surface area contributed by atoms with Gasteiger partial charge in [0.25, 0.3) is 0 Å². The molecule has 0 aliphatic carbocycles. The van der Waals surface area contributed by atoms with Gasteiger partial charge in [0, 0.05) is 13.1 Å². The lowest BCUT2D eigenvalue weighted by Crippen LogP contribution is -2.40. The summed E-state index contributed by atoms with van der Waals surface area (Å²) in [5.74, 6) is 0.670. The van der Waals surface area contributed by atoms with Crippen molar-refractivity contribution in [2.45, 2.75) is 33.7 Å². The molecule has 0 fully saturated rings. The van der Waals surface area contributed by atoms with Crippen molar-refractivity contribution < 1.29 is 0 Å². The van der Waals surface area contributed by atoms with Crippen molar-refractivity contribution in [3.63, 3.8) is 0 Å². The van der Waals surface area contributed by atoms with Gasteiger partial charge in [0.1, 0.15) is 5.02 Å². The fraction of sp³-hybridized carbons (Fsp3) is 0.636. The molecule has 1 heterocycles. The summed E-state index contributed by atoms with van der Waals surface area (Å²) in [4.78, 5) is 10.0. The molecule has 1 aromatic rings. The van der Waals surface area contributed by atoms with E-state index in [0.29, 0.717) is 10.8 Å². The molecule has 0 amide bonds. The molecule has 5 heteroatoms. The third-order valence-corrected chi connectivity index (χ3v) is 3.31. The maximum atomic E-state index is 6.06. The van der Waals surface area contributed by atoms with E-state index in [1.54, 1.807) is 0 Å². The van der Waals surface area contributed by atoms with E-state index in [0.717, 1.165) is 0 Å². The highest BCUT2D eigenvalue weighted by Gasteiger charge is 2.26. The van der Waals surface area contributed by atoms with Crippen molar-refractivity contribution in [1.29, 1.82) is 0 Å². The molecule has 0 aliphatic rings. The van der Waals surface area contributed by atoms with Gasteiger partial charge in [0.15, 0.2) is 5.82 Å². The Kier molecular flexibility index (Phi) is 4.02. The molecule has 0 saturated heterocycles. The first kappa shape index (κ1) is 13.5. The second kappa shape index (κ2) is 4.76. The van der Waals surface area contributed by atoms with E-state index >= 15 is 0 Å². The molecule has 0 radical (unpaired) electrons. The molecule has 90 valence electrons. The third-order valence-electron chi connectivity index (χ3n) is 2.86. The average molecular weight is 262 g/mol. The van der Waals surface area contributed by atoms with E-state index in [1.807, 2.05) is 11.9 Å². The van der Waals surface area contributed by atoms with Gasteiger partial charge in [-0.15, -0.1) is 0 Å². The number of halogens is 2. The maximum absolute atomic E-state index is 6.06. The molecule has 0 aromatic carbocycles. The Morgan fingerprint density at radius 1 is 1.31 bits per heavy atom. The summed E-state index contributed by atoms with van der Waals surface area (Å²) < 4.78 is 0. The third kappa shape index (κ3) is 2.98. The zero-order valence-electron chi connectivity index (χ0n) is 10.3. The summed E-state index contributed by atoms with van der Waals surface area (Å²) in [6.07, 6.45) is 1.53. The van der Waals surface area contributed by atoms with Crippen molar-refractivity contribution >= 4 is 29.0 Å². The molecular weight excluding hydrogens is 245 g/mol. The van der Waals surface area contributed by atoms with Crippen LogP contribution in [0.25, 0.3) is 0 Å². The molecule has 0 bridgehead atoms. The molecule has 0 N–H and O–H groups in total. The molecule has 16 heavy (non-hydrogen) atoms. The number of nitrogens with zero attached hydrogens (tertiary/aromatic N) is 3. The lowest BCUT2D eigenvalue weighted by Gasteiger charge is -2.36. The molecule has 1 rings (SSSR count). The number of anilines is 1. The van der Waals surface area contributed by atoms with E-state index in [9.17, 15) is 0 Å². The van der Waals surface area contributed by atoms with Gasteiger partial charge in [0.05, 0.1) is 6.20 Å². The Morgan fingerprint density at radius 3 is 2.38 bits per heavy atom. The first-order valence-electron chi connectivity index (χ1n) is 5.14. The second-order valence-electron chi connectivity index (χ2n) is 4.96. The van der Waals surface area contributed by atoms with Crippen LogP contribution in [0.1, 0.15) is 27.7 Å². The highest BCUT2D eigenvalue weighted by Crippen LogP contribution is 2.30. The topological polar surface area (TPSA) is 29.0 Å². The molecular formula is C11H17Cl2N3. The first-order chi connectivity index (χ1) is 7.23. The van der Waals surface area contributed by atoms with E-state index < -0.39 is 0 Å². The van der Waals surface area contributed by atoms with Gasteiger partial charge in [-0.2, -0.15) is 4.98 Å². The van der Waals surface area contributed by atoms with Gasteiger partial charge in [-0.1, -0.05) is 32.4 Å². The monoisotopic (exact) mass is 261 g/mol. The number of aromatic nitrogens is 2. The van der Waals surface area contributed by atoms with Gasteiger partial charge >= 0.3 is 0 Å². The maximum Gasteiger partial charge on any atom is 0.224 e. The molecule has 3 nitrogen and oxygen atoms in total. The predicted octanol–water partition coefficient (Wildman–Crippen LogP) is 3.65. The van der Waals surface area contributed by atoms with E-state index in [4.69, 9.17) is 23.2 Å². The predicted molar refractivity (Wildman–Crippen MR) is 69.4 cm³/mol. The van der Waals surface area contributed by atoms with Crippen molar-refractivity contribution in [2.75, 3.05) is 11.9 Å². The van der Waals surface area contributed by atoms with Crippen LogP contribution in [0.2, 0.25) is 10.3 Å². The smallest absolute Gasteiger partial charge is 0.224 e. The van der Waals surface area contributed by atoms with Crippen molar-refractivity contribution in [2.24, 2.45) is 5.41 Å².